The number of benzene rings is 4. The molecule has 5 heteroatoms. The van der Waals surface area contributed by atoms with E-state index in [9.17, 15) is 0 Å². The summed E-state index contributed by atoms with van der Waals surface area (Å²) in [6, 6.07) is 30.3. The van der Waals surface area contributed by atoms with Gasteiger partial charge in [-0.25, -0.2) is 3.63 Å². The third-order valence-corrected chi connectivity index (χ3v) is 8.70. The Labute approximate surface area is 184 Å². The third kappa shape index (κ3) is 3.23. The molecule has 2 aromatic heterocycles. The molecule has 1 nitrogen and oxygen atoms in total. The van der Waals surface area contributed by atoms with Gasteiger partial charge in [-0.15, -0.1) is 22.7 Å². The average Bonchev–Trinajstić information content (AvgIpc) is 3.31. The zero-order valence-electron chi connectivity index (χ0n) is 15.1. The first-order valence-corrected chi connectivity index (χ1v) is 12.3. The fraction of sp³-hybridized carbons (Fsp3) is 0. The van der Waals surface area contributed by atoms with Crippen molar-refractivity contribution in [3.8, 4) is 0 Å². The lowest BCUT2D eigenvalue weighted by molar-refractivity contribution is 0.757. The molecule has 0 radical (unpaired) electrons. The summed E-state index contributed by atoms with van der Waals surface area (Å²) < 4.78 is 11.2. The van der Waals surface area contributed by atoms with Crippen LogP contribution in [0.25, 0.3) is 40.3 Å². The molecule has 0 aliphatic carbocycles. The molecule has 6 aromatic rings. The van der Waals surface area contributed by atoms with Gasteiger partial charge in [0.25, 0.3) is 0 Å². The van der Waals surface area contributed by atoms with Crippen LogP contribution in [-0.2, 0) is 3.63 Å². The van der Waals surface area contributed by atoms with E-state index >= 15 is 0 Å². The predicted molar refractivity (Wildman–Crippen MR) is 131 cm³/mol. The first kappa shape index (κ1) is 17.8. The third-order valence-electron chi connectivity index (χ3n) is 4.96. The van der Waals surface area contributed by atoms with Crippen molar-refractivity contribution < 1.29 is 3.63 Å². The van der Waals surface area contributed by atoms with Crippen molar-refractivity contribution in [3.05, 3.63) is 84.9 Å². The number of thiophene rings is 2. The largest absolute Gasteiger partial charge is 0.237 e. The monoisotopic (exact) mass is 446 g/mol. The molecule has 0 aliphatic rings. The van der Waals surface area contributed by atoms with Gasteiger partial charge in [-0.3, -0.25) is 0 Å². The second-order valence-electron chi connectivity index (χ2n) is 6.75. The molecule has 0 atom stereocenters. The number of hydrogen-bond donors (Lipinski definition) is 0. The van der Waals surface area contributed by atoms with Crippen LogP contribution in [0.3, 0.4) is 0 Å². The van der Waals surface area contributed by atoms with E-state index in [1.165, 1.54) is 64.4 Å². The van der Waals surface area contributed by atoms with Crippen LogP contribution in [0.2, 0.25) is 0 Å². The van der Waals surface area contributed by atoms with E-state index in [1.54, 1.807) is 0 Å². The molecule has 0 fully saturated rings. The van der Waals surface area contributed by atoms with Crippen LogP contribution in [0.5, 0.6) is 0 Å². The maximum absolute atomic E-state index is 5.92. The average molecular weight is 447 g/mol. The summed E-state index contributed by atoms with van der Waals surface area (Å²) in [5.41, 5.74) is 0. The quantitative estimate of drug-likeness (QED) is 0.250. The normalized spacial score (nSPS) is 11.9. The summed E-state index contributed by atoms with van der Waals surface area (Å²) in [5, 5.41) is 5.24. The predicted octanol–water partition coefficient (Wildman–Crippen LogP) is 9.15. The van der Waals surface area contributed by atoms with E-state index in [0.29, 0.717) is 0 Å². The number of fused-ring (bicyclic) bond motifs is 6. The fourth-order valence-corrected chi connectivity index (χ4v) is 7.13. The molecule has 2 heterocycles. The molecule has 0 aliphatic heterocycles. The molecule has 6 rings (SSSR count). The van der Waals surface area contributed by atoms with Crippen LogP contribution in [0.15, 0.2) is 94.7 Å². The van der Waals surface area contributed by atoms with Gasteiger partial charge in [-0.05, 0) is 48.5 Å². The Balaban J connectivity index is 1.24. The Bertz CT molecular complexity index is 1380. The van der Waals surface area contributed by atoms with Gasteiger partial charge >= 0.3 is 0 Å². The molecule has 4 aromatic carbocycles. The second-order valence-corrected chi connectivity index (χ2v) is 10.7. The highest BCUT2D eigenvalue weighted by molar-refractivity contribution is 8.08. The highest BCUT2D eigenvalue weighted by Crippen LogP contribution is 2.39. The van der Waals surface area contributed by atoms with E-state index < -0.39 is 0 Å². The summed E-state index contributed by atoms with van der Waals surface area (Å²) in [5.74, 6) is 0. The van der Waals surface area contributed by atoms with E-state index in [2.05, 4.69) is 84.9 Å². The van der Waals surface area contributed by atoms with Gasteiger partial charge in [0.1, 0.15) is 0 Å². The molecular formula is C24H14OS4. The molecule has 0 amide bonds. The lowest BCUT2D eigenvalue weighted by Gasteiger charge is -2.03. The lowest BCUT2D eigenvalue weighted by Crippen LogP contribution is -1.75. The standard InChI is InChI=1S/C24H14OS4/c1-3-7-21-17(5-1)19-13-15(9-11-23(19)26-21)28-25-29-16-10-12-24-20(14-16)18-6-2-4-8-22(18)27-24/h1-14H. The van der Waals surface area contributed by atoms with Crippen molar-refractivity contribution in [2.24, 2.45) is 0 Å². The Morgan fingerprint density at radius 1 is 0.483 bits per heavy atom. The Morgan fingerprint density at radius 2 is 0.931 bits per heavy atom. The first-order valence-electron chi connectivity index (χ1n) is 9.19. The molecule has 0 spiro atoms. The summed E-state index contributed by atoms with van der Waals surface area (Å²) in [6.45, 7) is 0. The molecule has 29 heavy (non-hydrogen) atoms. The van der Waals surface area contributed by atoms with Crippen LogP contribution in [0, 0.1) is 0 Å². The van der Waals surface area contributed by atoms with Gasteiger partial charge in [0.15, 0.2) is 0 Å². The zero-order chi connectivity index (χ0) is 19.2. The Morgan fingerprint density at radius 3 is 1.45 bits per heavy atom. The summed E-state index contributed by atoms with van der Waals surface area (Å²) >= 11 is 6.53. The highest BCUT2D eigenvalue weighted by atomic mass is 32.2. The van der Waals surface area contributed by atoms with E-state index in [4.69, 9.17) is 3.63 Å². The molecule has 0 unspecified atom stereocenters. The number of hydrogen-bond acceptors (Lipinski definition) is 5. The second kappa shape index (κ2) is 7.35. The van der Waals surface area contributed by atoms with Crippen molar-refractivity contribution in [1.29, 1.82) is 0 Å². The van der Waals surface area contributed by atoms with Crippen LogP contribution in [0.1, 0.15) is 0 Å². The maximum atomic E-state index is 5.92. The van der Waals surface area contributed by atoms with Crippen LogP contribution in [-0.4, -0.2) is 0 Å². The SMILES string of the molecule is c1ccc2c(c1)sc1ccc(SOSc3ccc4sc5ccccc5c4c3)cc12. The minimum absolute atomic E-state index is 1.12. The first-order chi connectivity index (χ1) is 14.3. The van der Waals surface area contributed by atoms with E-state index in [0.717, 1.165) is 9.79 Å². The van der Waals surface area contributed by atoms with E-state index in [-0.39, 0.29) is 0 Å². The van der Waals surface area contributed by atoms with Crippen molar-refractivity contribution in [2.75, 3.05) is 0 Å². The van der Waals surface area contributed by atoms with Gasteiger partial charge < -0.3 is 0 Å². The fourth-order valence-electron chi connectivity index (χ4n) is 3.61. The summed E-state index contributed by atoms with van der Waals surface area (Å²) in [7, 11) is 0. The van der Waals surface area contributed by atoms with Gasteiger partial charge in [0.05, 0.1) is 0 Å². The molecule has 0 saturated carbocycles. The maximum Gasteiger partial charge on any atom is 0.0448 e. The van der Waals surface area contributed by atoms with Gasteiger partial charge in [-0.1, -0.05) is 36.4 Å². The topological polar surface area (TPSA) is 9.23 Å². The molecule has 0 N–H and O–H groups in total. The Hall–Kier alpha value is -2.02. The van der Waals surface area contributed by atoms with Gasteiger partial charge in [-0.2, -0.15) is 0 Å². The van der Waals surface area contributed by atoms with Gasteiger partial charge in [0.2, 0.25) is 0 Å². The van der Waals surface area contributed by atoms with Crippen LogP contribution in [0.4, 0.5) is 0 Å². The smallest absolute Gasteiger partial charge is 0.0448 e. The van der Waals surface area contributed by atoms with Gasteiger partial charge in [0, 0.05) is 74.2 Å². The zero-order valence-corrected chi connectivity index (χ0v) is 18.4. The number of rotatable bonds is 4. The summed E-state index contributed by atoms with van der Waals surface area (Å²) in [6.07, 6.45) is 0. The minimum Gasteiger partial charge on any atom is -0.237 e. The minimum atomic E-state index is 1.12. The molecule has 0 saturated heterocycles. The van der Waals surface area contributed by atoms with Crippen LogP contribution >= 0.6 is 46.8 Å². The molecular weight excluding hydrogens is 433 g/mol. The Kier molecular flexibility index (Phi) is 4.51. The highest BCUT2D eigenvalue weighted by Gasteiger charge is 2.08. The van der Waals surface area contributed by atoms with Crippen molar-refractivity contribution >= 4 is 87.1 Å². The van der Waals surface area contributed by atoms with Crippen LogP contribution < -0.4 is 0 Å². The lowest BCUT2D eigenvalue weighted by atomic mass is 10.1. The van der Waals surface area contributed by atoms with Crippen molar-refractivity contribution in [2.45, 2.75) is 9.79 Å². The molecule has 140 valence electrons. The summed E-state index contributed by atoms with van der Waals surface area (Å²) in [4.78, 5) is 2.24. The van der Waals surface area contributed by atoms with Crippen molar-refractivity contribution in [1.82, 2.24) is 0 Å². The van der Waals surface area contributed by atoms with Crippen molar-refractivity contribution in [3.63, 3.8) is 0 Å². The molecule has 0 bridgehead atoms. The van der Waals surface area contributed by atoms with E-state index in [1.807, 2.05) is 22.7 Å².